The first-order valence-electron chi connectivity index (χ1n) is 11.4. The Hall–Kier alpha value is -3.93. The summed E-state index contributed by atoms with van der Waals surface area (Å²) in [4.78, 5) is 30.1. The van der Waals surface area contributed by atoms with Gasteiger partial charge >= 0.3 is 0 Å². The molecule has 1 aliphatic rings. The Bertz CT molecular complexity index is 1210. The van der Waals surface area contributed by atoms with E-state index in [-0.39, 0.29) is 17.0 Å². The van der Waals surface area contributed by atoms with Crippen LogP contribution in [0.5, 0.6) is 5.75 Å². The minimum absolute atomic E-state index is 0.0522. The maximum absolute atomic E-state index is 14.7. The number of hydrogen-bond donors (Lipinski definition) is 0. The van der Waals surface area contributed by atoms with Gasteiger partial charge in [0.25, 0.3) is 11.8 Å². The number of nitrogens with zero attached hydrogens (tertiary/aromatic N) is 2. The van der Waals surface area contributed by atoms with Crippen LogP contribution in [0.2, 0.25) is 0 Å². The molecule has 3 aromatic rings. The monoisotopic (exact) mass is 458 g/mol. The van der Waals surface area contributed by atoms with Gasteiger partial charge in [-0.1, -0.05) is 61.5 Å². The number of carbonyl (C=O) groups is 2. The van der Waals surface area contributed by atoms with Crippen LogP contribution in [-0.4, -0.2) is 29.9 Å². The zero-order valence-corrected chi connectivity index (χ0v) is 19.3. The molecule has 34 heavy (non-hydrogen) atoms. The predicted molar refractivity (Wildman–Crippen MR) is 131 cm³/mol. The smallest absolute Gasteiger partial charge is 0.282 e. The van der Waals surface area contributed by atoms with E-state index in [0.717, 1.165) is 16.9 Å². The SMILES string of the molecule is CCCOc1ccc(C2=C(N(CC)Cc3ccccc3)C(=O)N(c3ccccc3F)C2=O)cc1. The molecule has 0 saturated carbocycles. The van der Waals surface area contributed by atoms with Crippen LogP contribution in [0.3, 0.4) is 0 Å². The lowest BCUT2D eigenvalue weighted by molar-refractivity contribution is -0.120. The molecule has 0 fully saturated rings. The van der Waals surface area contributed by atoms with Gasteiger partial charge in [-0.15, -0.1) is 0 Å². The standard InChI is InChI=1S/C28H27FN2O3/c1-3-18-34-22-16-14-21(15-17-22)25-26(30(4-2)19-20-10-6-5-7-11-20)28(33)31(27(25)32)24-13-9-8-12-23(24)29/h5-17H,3-4,18-19H2,1-2H3. The van der Waals surface area contributed by atoms with Crippen LogP contribution in [0.15, 0.2) is 84.6 Å². The van der Waals surface area contributed by atoms with Crippen molar-refractivity contribution in [1.82, 2.24) is 4.90 Å². The molecule has 2 amide bonds. The highest BCUT2D eigenvalue weighted by Gasteiger charge is 2.43. The minimum atomic E-state index is -0.626. The van der Waals surface area contributed by atoms with E-state index in [2.05, 4.69) is 0 Å². The number of ether oxygens (including phenoxy) is 1. The third-order valence-electron chi connectivity index (χ3n) is 5.68. The van der Waals surface area contributed by atoms with Crippen LogP contribution in [0.25, 0.3) is 5.57 Å². The second kappa shape index (κ2) is 10.3. The lowest BCUT2D eigenvalue weighted by atomic mass is 10.0. The predicted octanol–water partition coefficient (Wildman–Crippen LogP) is 5.42. The number of imide groups is 1. The molecular formula is C28H27FN2O3. The van der Waals surface area contributed by atoms with Gasteiger partial charge in [-0.25, -0.2) is 9.29 Å². The summed E-state index contributed by atoms with van der Waals surface area (Å²) in [5.41, 5.74) is 2.06. The van der Waals surface area contributed by atoms with E-state index in [9.17, 15) is 14.0 Å². The van der Waals surface area contributed by atoms with Gasteiger partial charge in [0.15, 0.2) is 0 Å². The first-order chi connectivity index (χ1) is 16.5. The molecule has 0 atom stereocenters. The molecule has 5 nitrogen and oxygen atoms in total. The van der Waals surface area contributed by atoms with E-state index in [4.69, 9.17) is 4.74 Å². The molecule has 0 aliphatic carbocycles. The largest absolute Gasteiger partial charge is 0.494 e. The summed E-state index contributed by atoms with van der Waals surface area (Å²) in [5.74, 6) is -1.01. The fourth-order valence-electron chi connectivity index (χ4n) is 4.01. The highest BCUT2D eigenvalue weighted by Crippen LogP contribution is 2.36. The van der Waals surface area contributed by atoms with Gasteiger partial charge in [-0.05, 0) is 48.7 Å². The van der Waals surface area contributed by atoms with Crippen LogP contribution >= 0.6 is 0 Å². The molecule has 0 N–H and O–H groups in total. The first-order valence-corrected chi connectivity index (χ1v) is 11.4. The Kier molecular flexibility index (Phi) is 7.07. The van der Waals surface area contributed by atoms with Crippen molar-refractivity contribution in [2.45, 2.75) is 26.8 Å². The Morgan fingerprint density at radius 2 is 1.53 bits per heavy atom. The van der Waals surface area contributed by atoms with E-state index >= 15 is 0 Å². The maximum Gasteiger partial charge on any atom is 0.282 e. The maximum atomic E-state index is 14.7. The van der Waals surface area contributed by atoms with Gasteiger partial charge in [-0.3, -0.25) is 9.59 Å². The van der Waals surface area contributed by atoms with E-state index in [1.807, 2.05) is 49.1 Å². The second-order valence-corrected chi connectivity index (χ2v) is 7.99. The molecule has 0 saturated heterocycles. The molecule has 4 rings (SSSR count). The average molecular weight is 459 g/mol. The summed E-state index contributed by atoms with van der Waals surface area (Å²) in [7, 11) is 0. The van der Waals surface area contributed by atoms with Crippen LogP contribution in [0.4, 0.5) is 10.1 Å². The molecule has 174 valence electrons. The molecule has 3 aromatic carbocycles. The van der Waals surface area contributed by atoms with Crippen molar-refractivity contribution in [3.05, 3.63) is 102 Å². The lowest BCUT2D eigenvalue weighted by Gasteiger charge is -2.25. The molecule has 0 bridgehead atoms. The average Bonchev–Trinajstić information content (AvgIpc) is 3.12. The fraction of sp³-hybridized carbons (Fsp3) is 0.214. The van der Waals surface area contributed by atoms with Crippen LogP contribution in [0, 0.1) is 5.82 Å². The zero-order chi connectivity index (χ0) is 24.1. The number of hydrogen-bond acceptors (Lipinski definition) is 4. The number of amides is 2. The Balaban J connectivity index is 1.80. The normalized spacial score (nSPS) is 13.6. The Labute approximate surface area is 199 Å². The van der Waals surface area contributed by atoms with Crippen LogP contribution < -0.4 is 9.64 Å². The number of halogens is 1. The molecule has 0 radical (unpaired) electrons. The topological polar surface area (TPSA) is 49.9 Å². The van der Waals surface area contributed by atoms with Gasteiger partial charge in [-0.2, -0.15) is 0 Å². The molecule has 6 heteroatoms. The number of anilines is 1. The molecule has 1 aliphatic heterocycles. The number of carbonyl (C=O) groups excluding carboxylic acids is 2. The van der Waals surface area contributed by atoms with Gasteiger partial charge in [0, 0.05) is 13.1 Å². The van der Waals surface area contributed by atoms with Crippen molar-refractivity contribution < 1.29 is 18.7 Å². The van der Waals surface area contributed by atoms with Crippen molar-refractivity contribution in [3.8, 4) is 5.75 Å². The van der Waals surface area contributed by atoms with Crippen molar-refractivity contribution in [2.75, 3.05) is 18.1 Å². The highest BCUT2D eigenvalue weighted by atomic mass is 19.1. The Morgan fingerprint density at radius 1 is 0.853 bits per heavy atom. The van der Waals surface area contributed by atoms with Crippen LogP contribution in [0.1, 0.15) is 31.4 Å². The highest BCUT2D eigenvalue weighted by molar-refractivity contribution is 6.45. The quantitative estimate of drug-likeness (QED) is 0.402. The summed E-state index contributed by atoms with van der Waals surface area (Å²) in [6.45, 7) is 5.48. The number of likely N-dealkylation sites (N-methyl/N-ethyl adjacent to an activating group) is 1. The first kappa shape index (κ1) is 23.2. The fourth-order valence-corrected chi connectivity index (χ4v) is 4.01. The van der Waals surface area contributed by atoms with E-state index in [1.54, 1.807) is 30.3 Å². The second-order valence-electron chi connectivity index (χ2n) is 7.99. The molecule has 0 spiro atoms. The summed E-state index contributed by atoms with van der Waals surface area (Å²) in [5, 5.41) is 0. The zero-order valence-electron chi connectivity index (χ0n) is 19.3. The molecule has 1 heterocycles. The van der Waals surface area contributed by atoms with Crippen molar-refractivity contribution in [1.29, 1.82) is 0 Å². The van der Waals surface area contributed by atoms with Gasteiger partial charge < -0.3 is 9.64 Å². The number of para-hydroxylation sites is 1. The number of benzene rings is 3. The van der Waals surface area contributed by atoms with Crippen molar-refractivity contribution in [3.63, 3.8) is 0 Å². The lowest BCUT2D eigenvalue weighted by Crippen LogP contribution is -2.35. The summed E-state index contributed by atoms with van der Waals surface area (Å²) in [6, 6.07) is 22.7. The van der Waals surface area contributed by atoms with Crippen molar-refractivity contribution in [2.24, 2.45) is 0 Å². The van der Waals surface area contributed by atoms with Gasteiger partial charge in [0.05, 0.1) is 17.9 Å². The summed E-state index contributed by atoms with van der Waals surface area (Å²) in [6.07, 6.45) is 0.882. The minimum Gasteiger partial charge on any atom is -0.494 e. The van der Waals surface area contributed by atoms with Crippen LogP contribution in [-0.2, 0) is 16.1 Å². The number of rotatable bonds is 9. The Morgan fingerprint density at radius 3 is 2.18 bits per heavy atom. The van der Waals surface area contributed by atoms with E-state index < -0.39 is 17.6 Å². The van der Waals surface area contributed by atoms with E-state index in [1.165, 1.54) is 18.2 Å². The third kappa shape index (κ3) is 4.57. The third-order valence-corrected chi connectivity index (χ3v) is 5.68. The molecular weight excluding hydrogens is 431 g/mol. The molecule has 0 unspecified atom stereocenters. The molecule has 0 aromatic heterocycles. The van der Waals surface area contributed by atoms with Gasteiger partial charge in [0.1, 0.15) is 17.3 Å². The van der Waals surface area contributed by atoms with Gasteiger partial charge in [0.2, 0.25) is 0 Å². The summed E-state index contributed by atoms with van der Waals surface area (Å²) < 4.78 is 20.3. The summed E-state index contributed by atoms with van der Waals surface area (Å²) >= 11 is 0. The van der Waals surface area contributed by atoms with Crippen molar-refractivity contribution >= 4 is 23.1 Å². The van der Waals surface area contributed by atoms with E-state index in [0.29, 0.717) is 31.0 Å².